The third-order valence-electron chi connectivity index (χ3n) is 2.87. The van der Waals surface area contributed by atoms with E-state index in [1.54, 1.807) is 12.1 Å². The molecule has 3 N–H and O–H groups in total. The van der Waals surface area contributed by atoms with Crippen LogP contribution in [-0.4, -0.2) is 17.7 Å². The number of hydrogen-bond donors (Lipinski definition) is 3. The minimum absolute atomic E-state index is 0.102. The molecular weight excluding hydrogens is 295 g/mol. The first-order valence-electron chi connectivity index (χ1n) is 6.28. The molecule has 0 aliphatic heterocycles. The Hall–Kier alpha value is -2.11. The van der Waals surface area contributed by atoms with Crippen LogP contribution in [0.1, 0.15) is 11.6 Å². The Bertz CT molecular complexity index is 622. The Morgan fingerprint density at radius 1 is 1.24 bits per heavy atom. The van der Waals surface area contributed by atoms with E-state index < -0.39 is 17.9 Å². The topological polar surface area (TPSA) is 61.4 Å². The highest BCUT2D eigenvalue weighted by Crippen LogP contribution is 2.22. The lowest BCUT2D eigenvalue weighted by Gasteiger charge is -2.17. The fraction of sp³-hybridized carbons (Fsp3) is 0.133. The molecule has 0 aliphatic rings. The van der Waals surface area contributed by atoms with Gasteiger partial charge in [-0.15, -0.1) is 0 Å². The molecule has 4 nitrogen and oxygen atoms in total. The van der Waals surface area contributed by atoms with Crippen molar-refractivity contribution in [2.75, 3.05) is 11.9 Å². The van der Waals surface area contributed by atoms with Gasteiger partial charge in [0.2, 0.25) is 0 Å². The number of carbonyl (C=O) groups is 1. The van der Waals surface area contributed by atoms with Crippen LogP contribution in [0.15, 0.2) is 48.5 Å². The van der Waals surface area contributed by atoms with Crippen molar-refractivity contribution in [3.05, 3.63) is 64.9 Å². The summed E-state index contributed by atoms with van der Waals surface area (Å²) >= 11 is 5.83. The molecule has 0 radical (unpaired) electrons. The van der Waals surface area contributed by atoms with Crippen molar-refractivity contribution in [3.8, 4) is 0 Å². The van der Waals surface area contributed by atoms with E-state index in [0.29, 0.717) is 5.69 Å². The van der Waals surface area contributed by atoms with Gasteiger partial charge in [-0.3, -0.25) is 0 Å². The van der Waals surface area contributed by atoms with Gasteiger partial charge in [0.1, 0.15) is 5.82 Å². The van der Waals surface area contributed by atoms with Crippen molar-refractivity contribution >= 4 is 23.3 Å². The first-order valence-corrected chi connectivity index (χ1v) is 6.66. The lowest BCUT2D eigenvalue weighted by molar-refractivity contribution is 0.225. The molecule has 0 spiro atoms. The first-order chi connectivity index (χ1) is 10.1. The molecule has 0 fully saturated rings. The van der Waals surface area contributed by atoms with Crippen LogP contribution in [0.3, 0.4) is 0 Å². The van der Waals surface area contributed by atoms with Gasteiger partial charge in [-0.25, -0.2) is 9.18 Å². The van der Waals surface area contributed by atoms with Crippen LogP contribution in [0.4, 0.5) is 14.9 Å². The van der Waals surface area contributed by atoms with Gasteiger partial charge in [0, 0.05) is 0 Å². The second kappa shape index (κ2) is 7.06. The van der Waals surface area contributed by atoms with Gasteiger partial charge in [-0.05, 0) is 23.8 Å². The molecule has 6 heteroatoms. The van der Waals surface area contributed by atoms with Crippen molar-refractivity contribution in [1.29, 1.82) is 0 Å². The van der Waals surface area contributed by atoms with Gasteiger partial charge in [0.25, 0.3) is 0 Å². The van der Waals surface area contributed by atoms with Crippen LogP contribution < -0.4 is 10.6 Å². The Morgan fingerprint density at radius 3 is 2.57 bits per heavy atom. The predicted molar refractivity (Wildman–Crippen MR) is 79.8 cm³/mol. The number of aliphatic hydroxyl groups is 1. The van der Waals surface area contributed by atoms with Gasteiger partial charge >= 0.3 is 6.03 Å². The van der Waals surface area contributed by atoms with Crippen molar-refractivity contribution in [1.82, 2.24) is 5.32 Å². The molecule has 0 saturated carbocycles. The summed E-state index contributed by atoms with van der Waals surface area (Å²) in [5, 5.41) is 14.6. The third kappa shape index (κ3) is 4.18. The number of carbonyl (C=O) groups excluding carboxylic acids is 1. The number of hydrogen-bond acceptors (Lipinski definition) is 2. The van der Waals surface area contributed by atoms with Gasteiger partial charge in [-0.1, -0.05) is 41.9 Å². The molecule has 0 saturated heterocycles. The molecular formula is C15H14ClFN2O2. The average Bonchev–Trinajstić information content (AvgIpc) is 2.48. The van der Waals surface area contributed by atoms with E-state index in [1.165, 1.54) is 12.1 Å². The summed E-state index contributed by atoms with van der Waals surface area (Å²) in [6.07, 6.45) is 0. The summed E-state index contributed by atoms with van der Waals surface area (Å²) in [5.74, 6) is -0.483. The minimum atomic E-state index is -0.537. The van der Waals surface area contributed by atoms with Crippen LogP contribution in [0, 0.1) is 5.82 Å². The fourth-order valence-electron chi connectivity index (χ4n) is 1.83. The van der Waals surface area contributed by atoms with Gasteiger partial charge in [-0.2, -0.15) is 0 Å². The highest BCUT2D eigenvalue weighted by atomic mass is 35.5. The number of nitrogens with one attached hydrogen (secondary N) is 2. The van der Waals surface area contributed by atoms with Crippen LogP contribution in [-0.2, 0) is 0 Å². The van der Waals surface area contributed by atoms with Crippen LogP contribution in [0.25, 0.3) is 0 Å². The molecule has 0 aromatic heterocycles. The van der Waals surface area contributed by atoms with E-state index in [9.17, 15) is 14.3 Å². The Labute approximate surface area is 126 Å². The molecule has 110 valence electrons. The zero-order valence-corrected chi connectivity index (χ0v) is 11.8. The second-order valence-electron chi connectivity index (χ2n) is 4.37. The SMILES string of the molecule is O=C(Nc1ccc(F)cc1Cl)N[C@H](CO)c1ccccc1. The maximum atomic E-state index is 12.9. The van der Waals surface area contributed by atoms with E-state index in [2.05, 4.69) is 10.6 Å². The summed E-state index contributed by atoms with van der Waals surface area (Å²) < 4.78 is 12.9. The van der Waals surface area contributed by atoms with Gasteiger partial charge < -0.3 is 15.7 Å². The molecule has 0 heterocycles. The van der Waals surface area contributed by atoms with Crippen molar-refractivity contribution in [2.24, 2.45) is 0 Å². The Balaban J connectivity index is 2.03. The lowest BCUT2D eigenvalue weighted by atomic mass is 10.1. The number of aliphatic hydroxyl groups excluding tert-OH is 1. The Kier molecular flexibility index (Phi) is 5.14. The summed E-state index contributed by atoms with van der Waals surface area (Å²) in [4.78, 5) is 11.9. The molecule has 1 atom stereocenters. The molecule has 0 unspecified atom stereocenters. The molecule has 2 amide bonds. The maximum absolute atomic E-state index is 12.9. The van der Waals surface area contributed by atoms with Crippen LogP contribution >= 0.6 is 11.6 Å². The summed E-state index contributed by atoms with van der Waals surface area (Å²) in [7, 11) is 0. The molecule has 2 rings (SSSR count). The zero-order valence-electron chi connectivity index (χ0n) is 11.0. The van der Waals surface area contributed by atoms with Crippen molar-refractivity contribution in [3.63, 3.8) is 0 Å². The van der Waals surface area contributed by atoms with E-state index >= 15 is 0 Å². The summed E-state index contributed by atoms with van der Waals surface area (Å²) in [6.45, 7) is -0.241. The van der Waals surface area contributed by atoms with Crippen molar-refractivity contribution in [2.45, 2.75) is 6.04 Å². The van der Waals surface area contributed by atoms with Crippen molar-refractivity contribution < 1.29 is 14.3 Å². The zero-order chi connectivity index (χ0) is 15.2. The fourth-order valence-corrected chi connectivity index (χ4v) is 2.04. The third-order valence-corrected chi connectivity index (χ3v) is 3.18. The molecule has 2 aromatic carbocycles. The summed E-state index contributed by atoms with van der Waals surface area (Å²) in [5.41, 5.74) is 1.07. The Morgan fingerprint density at radius 2 is 1.95 bits per heavy atom. The largest absolute Gasteiger partial charge is 0.394 e. The number of anilines is 1. The lowest BCUT2D eigenvalue weighted by Crippen LogP contribution is -2.34. The van der Waals surface area contributed by atoms with E-state index in [4.69, 9.17) is 11.6 Å². The van der Waals surface area contributed by atoms with Crippen LogP contribution in [0.2, 0.25) is 5.02 Å². The predicted octanol–water partition coefficient (Wildman–Crippen LogP) is 3.33. The molecule has 0 bridgehead atoms. The van der Waals surface area contributed by atoms with Gasteiger partial charge in [0.05, 0.1) is 23.4 Å². The number of rotatable bonds is 4. The second-order valence-corrected chi connectivity index (χ2v) is 4.78. The normalized spacial score (nSPS) is 11.8. The first kappa shape index (κ1) is 15.3. The molecule has 21 heavy (non-hydrogen) atoms. The highest BCUT2D eigenvalue weighted by Gasteiger charge is 2.14. The number of amides is 2. The average molecular weight is 309 g/mol. The smallest absolute Gasteiger partial charge is 0.319 e. The van der Waals surface area contributed by atoms with Crippen LogP contribution in [0.5, 0.6) is 0 Å². The molecule has 0 aliphatic carbocycles. The number of benzene rings is 2. The monoisotopic (exact) mass is 308 g/mol. The van der Waals surface area contributed by atoms with E-state index in [-0.39, 0.29) is 11.6 Å². The van der Waals surface area contributed by atoms with E-state index in [0.717, 1.165) is 11.6 Å². The minimum Gasteiger partial charge on any atom is -0.394 e. The van der Waals surface area contributed by atoms with E-state index in [1.807, 2.05) is 18.2 Å². The highest BCUT2D eigenvalue weighted by molar-refractivity contribution is 6.33. The van der Waals surface area contributed by atoms with Gasteiger partial charge in [0.15, 0.2) is 0 Å². The quantitative estimate of drug-likeness (QED) is 0.811. The maximum Gasteiger partial charge on any atom is 0.319 e. The molecule has 2 aromatic rings. The summed E-state index contributed by atoms with van der Waals surface area (Å²) in [6, 6.07) is 11.7. The number of urea groups is 1. The number of halogens is 2. The standard InChI is InChI=1S/C15H14ClFN2O2/c16-12-8-11(17)6-7-13(12)18-15(21)19-14(9-20)10-4-2-1-3-5-10/h1-8,14,20H,9H2,(H2,18,19,21)/t14-/m1/s1.